The lowest BCUT2D eigenvalue weighted by Crippen LogP contribution is -2.39. The molecule has 2 aromatic heterocycles. The van der Waals surface area contributed by atoms with Crippen LogP contribution in [0.3, 0.4) is 0 Å². The summed E-state index contributed by atoms with van der Waals surface area (Å²) in [6.45, 7) is 3.83. The van der Waals surface area contributed by atoms with Gasteiger partial charge in [-0.25, -0.2) is 14.3 Å². The fraction of sp³-hybridized carbons (Fsp3) is 0.316. The van der Waals surface area contributed by atoms with Gasteiger partial charge in [0.2, 0.25) is 0 Å². The Morgan fingerprint density at radius 3 is 2.85 bits per heavy atom. The van der Waals surface area contributed by atoms with E-state index in [4.69, 9.17) is 4.74 Å². The molecule has 0 saturated carbocycles. The average molecular weight is 353 g/mol. The molecule has 1 N–H and O–H groups in total. The maximum Gasteiger partial charge on any atom is 0.321 e. The Morgan fingerprint density at radius 2 is 2.08 bits per heavy atom. The van der Waals surface area contributed by atoms with Crippen LogP contribution in [0.15, 0.2) is 42.6 Å². The molecule has 0 spiro atoms. The van der Waals surface area contributed by atoms with E-state index in [1.165, 1.54) is 0 Å². The van der Waals surface area contributed by atoms with Crippen molar-refractivity contribution in [1.82, 2.24) is 19.5 Å². The molecule has 7 heteroatoms. The molecule has 7 nitrogen and oxygen atoms in total. The van der Waals surface area contributed by atoms with Crippen molar-refractivity contribution in [3.8, 4) is 5.75 Å². The van der Waals surface area contributed by atoms with Gasteiger partial charge in [-0.1, -0.05) is 18.2 Å². The van der Waals surface area contributed by atoms with E-state index in [0.717, 1.165) is 11.3 Å². The van der Waals surface area contributed by atoms with Gasteiger partial charge in [0.05, 0.1) is 12.8 Å². The minimum Gasteiger partial charge on any atom is -0.496 e. The zero-order valence-corrected chi connectivity index (χ0v) is 15.4. The van der Waals surface area contributed by atoms with Crippen molar-refractivity contribution in [2.45, 2.75) is 26.3 Å². The van der Waals surface area contributed by atoms with Gasteiger partial charge in [-0.05, 0) is 44.0 Å². The van der Waals surface area contributed by atoms with Gasteiger partial charge >= 0.3 is 6.03 Å². The lowest BCUT2D eigenvalue weighted by atomic mass is 10.1. The van der Waals surface area contributed by atoms with Gasteiger partial charge in [0.25, 0.3) is 0 Å². The Balaban J connectivity index is 1.72. The van der Waals surface area contributed by atoms with Crippen LogP contribution < -0.4 is 10.1 Å². The fourth-order valence-corrected chi connectivity index (χ4v) is 2.84. The molecule has 0 aliphatic carbocycles. The van der Waals surface area contributed by atoms with Crippen molar-refractivity contribution in [3.63, 3.8) is 0 Å². The van der Waals surface area contributed by atoms with E-state index < -0.39 is 0 Å². The van der Waals surface area contributed by atoms with Crippen LogP contribution in [0, 0.1) is 6.92 Å². The van der Waals surface area contributed by atoms with Crippen LogP contribution in [0.25, 0.3) is 5.65 Å². The first-order valence-electron chi connectivity index (χ1n) is 8.47. The number of urea groups is 1. The number of pyridine rings is 1. The Hall–Kier alpha value is -3.09. The zero-order chi connectivity index (χ0) is 18.7. The van der Waals surface area contributed by atoms with Crippen LogP contribution >= 0.6 is 0 Å². The van der Waals surface area contributed by atoms with Gasteiger partial charge in [0.15, 0.2) is 5.65 Å². The van der Waals surface area contributed by atoms with Gasteiger partial charge in [-0.15, -0.1) is 0 Å². The first-order valence-corrected chi connectivity index (χ1v) is 8.47. The third kappa shape index (κ3) is 3.61. The summed E-state index contributed by atoms with van der Waals surface area (Å²) in [6, 6.07) is 11.3. The smallest absolute Gasteiger partial charge is 0.321 e. The molecule has 0 aliphatic rings. The van der Waals surface area contributed by atoms with Crippen LogP contribution in [0.5, 0.6) is 5.75 Å². The Morgan fingerprint density at radius 1 is 1.31 bits per heavy atom. The highest BCUT2D eigenvalue weighted by Crippen LogP contribution is 2.21. The van der Waals surface area contributed by atoms with Crippen molar-refractivity contribution < 1.29 is 9.53 Å². The number of rotatable bonds is 5. The maximum absolute atomic E-state index is 12.7. The number of aromatic nitrogens is 3. The summed E-state index contributed by atoms with van der Waals surface area (Å²) < 4.78 is 7.05. The van der Waals surface area contributed by atoms with Gasteiger partial charge in [-0.2, -0.15) is 5.10 Å². The first kappa shape index (κ1) is 17.7. The number of methoxy groups -OCH3 is 1. The molecule has 0 unspecified atom stereocenters. The molecule has 0 saturated heterocycles. The number of hydrogen-bond donors (Lipinski definition) is 1. The number of nitrogens with zero attached hydrogens (tertiary/aromatic N) is 4. The first-order chi connectivity index (χ1) is 12.5. The highest BCUT2D eigenvalue weighted by molar-refractivity contribution is 5.93. The highest BCUT2D eigenvalue weighted by atomic mass is 16.5. The van der Waals surface area contributed by atoms with E-state index in [1.807, 2.05) is 50.2 Å². The molecule has 136 valence electrons. The van der Waals surface area contributed by atoms with E-state index in [9.17, 15) is 4.79 Å². The second-order valence-corrected chi connectivity index (χ2v) is 6.26. The number of fused-ring (bicyclic) bond motifs is 1. The SMILES string of the molecule is COc1ccccc1C[C@@H](C)N(C)C(=O)Nc1cccn2nc(C)nc12. The lowest BCUT2D eigenvalue weighted by molar-refractivity contribution is 0.207. The monoisotopic (exact) mass is 353 g/mol. The molecule has 3 aromatic rings. The predicted octanol–water partition coefficient (Wildman–Crippen LogP) is 3.14. The third-order valence-electron chi connectivity index (χ3n) is 4.40. The number of benzene rings is 1. The molecule has 1 aromatic carbocycles. The normalized spacial score (nSPS) is 12.0. The molecule has 0 aliphatic heterocycles. The zero-order valence-electron chi connectivity index (χ0n) is 15.4. The molecular formula is C19H23N5O2. The number of carbonyl (C=O) groups excluding carboxylic acids is 1. The van der Waals surface area contributed by atoms with Crippen molar-refractivity contribution in [3.05, 3.63) is 54.0 Å². The van der Waals surface area contributed by atoms with E-state index in [2.05, 4.69) is 15.4 Å². The largest absolute Gasteiger partial charge is 0.496 e. The van der Waals surface area contributed by atoms with Crippen LogP contribution in [-0.4, -0.2) is 45.7 Å². The van der Waals surface area contributed by atoms with Crippen molar-refractivity contribution in [2.75, 3.05) is 19.5 Å². The summed E-state index contributed by atoms with van der Waals surface area (Å²) >= 11 is 0. The van der Waals surface area contributed by atoms with Gasteiger partial charge < -0.3 is 15.0 Å². The van der Waals surface area contributed by atoms with Crippen LogP contribution in [0.4, 0.5) is 10.5 Å². The summed E-state index contributed by atoms with van der Waals surface area (Å²) in [5, 5.41) is 7.19. The number of aryl methyl sites for hydroxylation is 1. The van der Waals surface area contributed by atoms with E-state index >= 15 is 0 Å². The number of nitrogens with one attached hydrogen (secondary N) is 1. The van der Waals surface area contributed by atoms with Crippen molar-refractivity contribution in [1.29, 1.82) is 0 Å². The summed E-state index contributed by atoms with van der Waals surface area (Å²) in [5.74, 6) is 1.49. The number of ether oxygens (including phenoxy) is 1. The van der Waals surface area contributed by atoms with Crippen LogP contribution in [-0.2, 0) is 6.42 Å². The molecule has 0 bridgehead atoms. The standard InChI is InChI=1S/C19H23N5O2/c1-13(12-15-8-5-6-10-17(15)26-4)23(3)19(25)21-16-9-7-11-24-18(16)20-14(2)22-24/h5-11,13H,12H2,1-4H3,(H,21,25)/t13-/m1/s1. The van der Waals surface area contributed by atoms with Crippen molar-refractivity contribution >= 4 is 17.4 Å². The lowest BCUT2D eigenvalue weighted by Gasteiger charge is -2.26. The second-order valence-electron chi connectivity index (χ2n) is 6.26. The molecule has 3 rings (SSSR count). The minimum absolute atomic E-state index is 0.00867. The Bertz CT molecular complexity index is 921. The Labute approximate surface area is 152 Å². The number of carbonyl (C=O) groups is 1. The van der Waals surface area contributed by atoms with E-state index in [-0.39, 0.29) is 12.1 Å². The maximum atomic E-state index is 12.7. The molecule has 2 heterocycles. The van der Waals surface area contributed by atoms with E-state index in [1.54, 1.807) is 29.8 Å². The topological polar surface area (TPSA) is 71.8 Å². The molecule has 26 heavy (non-hydrogen) atoms. The number of para-hydroxylation sites is 1. The molecule has 2 amide bonds. The quantitative estimate of drug-likeness (QED) is 0.765. The summed E-state index contributed by atoms with van der Waals surface area (Å²) in [4.78, 5) is 18.7. The number of likely N-dealkylation sites (N-methyl/N-ethyl adjacent to an activating group) is 1. The van der Waals surface area contributed by atoms with Gasteiger partial charge in [-0.3, -0.25) is 0 Å². The Kier molecular flexibility index (Phi) is 5.06. The minimum atomic E-state index is -0.193. The van der Waals surface area contributed by atoms with Gasteiger partial charge in [0.1, 0.15) is 11.6 Å². The third-order valence-corrected chi connectivity index (χ3v) is 4.40. The fourth-order valence-electron chi connectivity index (χ4n) is 2.84. The number of amides is 2. The molecule has 0 fully saturated rings. The second kappa shape index (κ2) is 7.43. The van der Waals surface area contributed by atoms with Crippen molar-refractivity contribution in [2.24, 2.45) is 0 Å². The summed E-state index contributed by atoms with van der Waals surface area (Å²) in [6.07, 6.45) is 2.50. The highest BCUT2D eigenvalue weighted by Gasteiger charge is 2.19. The molecule has 0 radical (unpaired) electrons. The van der Waals surface area contributed by atoms with Gasteiger partial charge in [0, 0.05) is 19.3 Å². The molecule has 1 atom stereocenters. The number of anilines is 1. The summed E-state index contributed by atoms with van der Waals surface area (Å²) in [5.41, 5.74) is 2.33. The van der Waals surface area contributed by atoms with Crippen LogP contribution in [0.1, 0.15) is 18.3 Å². The van der Waals surface area contributed by atoms with Crippen LogP contribution in [0.2, 0.25) is 0 Å². The predicted molar refractivity (Wildman–Crippen MR) is 101 cm³/mol. The average Bonchev–Trinajstić information content (AvgIpc) is 3.02. The number of hydrogen-bond acceptors (Lipinski definition) is 4. The summed E-state index contributed by atoms with van der Waals surface area (Å²) in [7, 11) is 3.44. The molecular weight excluding hydrogens is 330 g/mol. The van der Waals surface area contributed by atoms with E-state index in [0.29, 0.717) is 23.6 Å².